The van der Waals surface area contributed by atoms with Gasteiger partial charge in [0, 0.05) is 27.4 Å². The molecule has 2 rings (SSSR count). The standard InChI is InChI=1S/C15H21Cl2NS/c1-11(13-6-5-12(16)9-14(13)17)18-10-15(19-2)7-3-4-8-15/h5-6,9,11,18H,3-4,7-8,10H2,1-2H3. The molecule has 0 bridgehead atoms. The third kappa shape index (κ3) is 3.81. The van der Waals surface area contributed by atoms with Crippen LogP contribution in [0.4, 0.5) is 0 Å². The zero-order valence-corrected chi connectivity index (χ0v) is 13.8. The van der Waals surface area contributed by atoms with Crippen molar-refractivity contribution in [3.8, 4) is 0 Å². The average Bonchev–Trinajstić information content (AvgIpc) is 2.85. The summed E-state index contributed by atoms with van der Waals surface area (Å²) in [7, 11) is 0. The summed E-state index contributed by atoms with van der Waals surface area (Å²) in [6, 6.07) is 5.99. The first kappa shape index (κ1) is 15.5. The second kappa shape index (κ2) is 6.71. The molecule has 1 aliphatic carbocycles. The van der Waals surface area contributed by atoms with Gasteiger partial charge < -0.3 is 5.32 Å². The Labute approximate surface area is 130 Å². The van der Waals surface area contributed by atoms with Gasteiger partial charge in [0.25, 0.3) is 0 Å². The van der Waals surface area contributed by atoms with Crippen molar-refractivity contribution in [1.29, 1.82) is 0 Å². The van der Waals surface area contributed by atoms with Gasteiger partial charge in [-0.3, -0.25) is 0 Å². The molecule has 1 fully saturated rings. The molecule has 0 spiro atoms. The van der Waals surface area contributed by atoms with Crippen LogP contribution < -0.4 is 5.32 Å². The fourth-order valence-electron chi connectivity index (χ4n) is 2.77. The van der Waals surface area contributed by atoms with Crippen LogP contribution in [0.15, 0.2) is 18.2 Å². The van der Waals surface area contributed by atoms with Crippen LogP contribution in [0.25, 0.3) is 0 Å². The van der Waals surface area contributed by atoms with E-state index in [1.165, 1.54) is 25.7 Å². The second-order valence-corrected chi connectivity index (χ2v) is 7.48. The Kier molecular flexibility index (Phi) is 5.47. The van der Waals surface area contributed by atoms with Gasteiger partial charge in [0.1, 0.15) is 0 Å². The first-order valence-electron chi connectivity index (χ1n) is 6.80. The molecular weight excluding hydrogens is 297 g/mol. The Bertz CT molecular complexity index is 430. The summed E-state index contributed by atoms with van der Waals surface area (Å²) in [4.78, 5) is 0. The lowest BCUT2D eigenvalue weighted by Crippen LogP contribution is -2.36. The lowest BCUT2D eigenvalue weighted by Gasteiger charge is -2.29. The van der Waals surface area contributed by atoms with Crippen molar-refractivity contribution >= 4 is 35.0 Å². The number of hydrogen-bond acceptors (Lipinski definition) is 2. The zero-order valence-electron chi connectivity index (χ0n) is 11.5. The molecule has 1 atom stereocenters. The molecule has 1 aromatic carbocycles. The van der Waals surface area contributed by atoms with Crippen molar-refractivity contribution in [2.45, 2.75) is 43.4 Å². The molecule has 0 amide bonds. The molecule has 1 nitrogen and oxygen atoms in total. The topological polar surface area (TPSA) is 12.0 Å². The van der Waals surface area contributed by atoms with Gasteiger partial charge in [0.15, 0.2) is 0 Å². The van der Waals surface area contributed by atoms with Crippen LogP contribution in [0.5, 0.6) is 0 Å². The summed E-state index contributed by atoms with van der Waals surface area (Å²) in [6.07, 6.45) is 7.59. The predicted octanol–water partition coefficient (Wildman–Crippen LogP) is 5.32. The molecule has 19 heavy (non-hydrogen) atoms. The monoisotopic (exact) mass is 317 g/mol. The number of hydrogen-bond donors (Lipinski definition) is 1. The Balaban J connectivity index is 1.99. The van der Waals surface area contributed by atoms with Gasteiger partial charge in [0.05, 0.1) is 0 Å². The number of rotatable bonds is 5. The van der Waals surface area contributed by atoms with Crippen LogP contribution >= 0.6 is 35.0 Å². The minimum absolute atomic E-state index is 0.259. The first-order chi connectivity index (χ1) is 9.06. The highest BCUT2D eigenvalue weighted by Crippen LogP contribution is 2.40. The zero-order chi connectivity index (χ0) is 13.9. The molecule has 1 saturated carbocycles. The van der Waals surface area contributed by atoms with E-state index in [1.54, 1.807) is 0 Å². The smallest absolute Gasteiger partial charge is 0.0468 e. The predicted molar refractivity (Wildman–Crippen MR) is 87.6 cm³/mol. The molecule has 1 aliphatic rings. The lowest BCUT2D eigenvalue weighted by molar-refractivity contribution is 0.487. The minimum Gasteiger partial charge on any atom is -0.309 e. The van der Waals surface area contributed by atoms with E-state index in [0.717, 1.165) is 17.1 Å². The van der Waals surface area contributed by atoms with E-state index < -0.39 is 0 Å². The van der Waals surface area contributed by atoms with E-state index in [9.17, 15) is 0 Å². The Morgan fingerprint density at radius 1 is 1.32 bits per heavy atom. The van der Waals surface area contributed by atoms with E-state index in [-0.39, 0.29) is 6.04 Å². The van der Waals surface area contributed by atoms with E-state index in [2.05, 4.69) is 18.5 Å². The molecule has 4 heteroatoms. The van der Waals surface area contributed by atoms with Gasteiger partial charge in [-0.1, -0.05) is 42.1 Å². The Morgan fingerprint density at radius 3 is 2.58 bits per heavy atom. The van der Waals surface area contributed by atoms with E-state index >= 15 is 0 Å². The van der Waals surface area contributed by atoms with Crippen LogP contribution in [0.1, 0.15) is 44.2 Å². The Hall–Kier alpha value is 0.110. The highest BCUT2D eigenvalue weighted by Gasteiger charge is 2.33. The number of nitrogens with one attached hydrogen (secondary N) is 1. The minimum atomic E-state index is 0.259. The summed E-state index contributed by atoms with van der Waals surface area (Å²) < 4.78 is 0.424. The van der Waals surface area contributed by atoms with Crippen molar-refractivity contribution < 1.29 is 0 Å². The molecule has 1 unspecified atom stereocenters. The van der Waals surface area contributed by atoms with Crippen molar-refractivity contribution in [1.82, 2.24) is 5.32 Å². The highest BCUT2D eigenvalue weighted by atomic mass is 35.5. The lowest BCUT2D eigenvalue weighted by atomic mass is 10.0. The van der Waals surface area contributed by atoms with Crippen molar-refractivity contribution in [2.75, 3.05) is 12.8 Å². The molecule has 1 N–H and O–H groups in total. The quantitative estimate of drug-likeness (QED) is 0.788. The van der Waals surface area contributed by atoms with Gasteiger partial charge >= 0.3 is 0 Å². The van der Waals surface area contributed by atoms with E-state index in [4.69, 9.17) is 23.2 Å². The average molecular weight is 318 g/mol. The number of thioether (sulfide) groups is 1. The summed E-state index contributed by atoms with van der Waals surface area (Å²) in [5.74, 6) is 0. The van der Waals surface area contributed by atoms with Gasteiger partial charge in [-0.05, 0) is 43.7 Å². The third-order valence-electron chi connectivity index (χ3n) is 4.11. The van der Waals surface area contributed by atoms with Crippen molar-refractivity contribution in [3.05, 3.63) is 33.8 Å². The normalized spacial score (nSPS) is 19.6. The SMILES string of the molecule is CSC1(CNC(C)c2ccc(Cl)cc2Cl)CCCC1. The van der Waals surface area contributed by atoms with E-state index in [1.807, 2.05) is 30.0 Å². The van der Waals surface area contributed by atoms with Gasteiger partial charge in [-0.2, -0.15) is 11.8 Å². The van der Waals surface area contributed by atoms with Gasteiger partial charge in [-0.15, -0.1) is 0 Å². The summed E-state index contributed by atoms with van der Waals surface area (Å²) in [6.45, 7) is 3.21. The van der Waals surface area contributed by atoms with Gasteiger partial charge in [-0.25, -0.2) is 0 Å². The second-order valence-electron chi connectivity index (χ2n) is 5.36. The van der Waals surface area contributed by atoms with Crippen molar-refractivity contribution in [3.63, 3.8) is 0 Å². The van der Waals surface area contributed by atoms with Crippen LogP contribution in [0, 0.1) is 0 Å². The third-order valence-corrected chi connectivity index (χ3v) is 6.09. The molecule has 0 radical (unpaired) electrons. The fourth-order valence-corrected chi connectivity index (χ4v) is 4.27. The van der Waals surface area contributed by atoms with Crippen LogP contribution in [0.3, 0.4) is 0 Å². The highest BCUT2D eigenvalue weighted by molar-refractivity contribution is 8.00. The molecular formula is C15H21Cl2NS. The molecule has 106 valence electrons. The summed E-state index contributed by atoms with van der Waals surface area (Å²) in [5.41, 5.74) is 1.13. The Morgan fingerprint density at radius 2 is 2.00 bits per heavy atom. The summed E-state index contributed by atoms with van der Waals surface area (Å²) in [5, 5.41) is 5.08. The van der Waals surface area contributed by atoms with Crippen LogP contribution in [-0.2, 0) is 0 Å². The largest absolute Gasteiger partial charge is 0.309 e. The molecule has 1 aromatic rings. The maximum absolute atomic E-state index is 6.26. The summed E-state index contributed by atoms with van der Waals surface area (Å²) >= 11 is 14.2. The number of halogens is 2. The maximum Gasteiger partial charge on any atom is 0.0468 e. The fraction of sp³-hybridized carbons (Fsp3) is 0.600. The van der Waals surface area contributed by atoms with E-state index in [0.29, 0.717) is 9.77 Å². The first-order valence-corrected chi connectivity index (χ1v) is 8.78. The maximum atomic E-state index is 6.26. The molecule has 0 aromatic heterocycles. The molecule has 0 aliphatic heterocycles. The number of benzene rings is 1. The van der Waals surface area contributed by atoms with Crippen LogP contribution in [0.2, 0.25) is 10.0 Å². The van der Waals surface area contributed by atoms with Gasteiger partial charge in [0.2, 0.25) is 0 Å². The van der Waals surface area contributed by atoms with Crippen LogP contribution in [-0.4, -0.2) is 17.5 Å². The van der Waals surface area contributed by atoms with Crippen molar-refractivity contribution in [2.24, 2.45) is 0 Å². The molecule has 0 saturated heterocycles. The molecule has 0 heterocycles.